The fourth-order valence-corrected chi connectivity index (χ4v) is 6.35. The van der Waals surface area contributed by atoms with Crippen molar-refractivity contribution in [1.29, 1.82) is 0 Å². The predicted octanol–water partition coefficient (Wildman–Crippen LogP) is 2.80. The molecule has 1 saturated heterocycles. The van der Waals surface area contributed by atoms with Gasteiger partial charge in [-0.3, -0.25) is 9.36 Å². The van der Waals surface area contributed by atoms with Crippen LogP contribution in [0.15, 0.2) is 28.3 Å². The maximum atomic E-state index is 13.2. The van der Waals surface area contributed by atoms with Crippen LogP contribution in [-0.2, 0) is 14.8 Å². The van der Waals surface area contributed by atoms with E-state index in [1.54, 1.807) is 29.4 Å². The molecule has 31 heavy (non-hydrogen) atoms. The number of aryl methyl sites for hydroxylation is 1. The molecule has 0 spiro atoms. The van der Waals surface area contributed by atoms with E-state index in [-0.39, 0.29) is 16.6 Å². The first-order valence-corrected chi connectivity index (χ1v) is 13.0. The lowest BCUT2D eigenvalue weighted by Crippen LogP contribution is -2.32. The predicted molar refractivity (Wildman–Crippen MR) is 120 cm³/mol. The van der Waals surface area contributed by atoms with E-state index >= 15 is 0 Å². The summed E-state index contributed by atoms with van der Waals surface area (Å²) >= 11 is 1.27. The SMILES string of the molecule is Cc1ccc(NC(=O)CSc2nnc(N)n2C2CC2)cc1S(=O)(=O)N1CCCCCC1. The quantitative estimate of drug-likeness (QED) is 0.604. The molecule has 0 atom stereocenters. The number of anilines is 2. The maximum Gasteiger partial charge on any atom is 0.243 e. The number of nitrogens with one attached hydrogen (secondary N) is 1. The zero-order valence-electron chi connectivity index (χ0n) is 17.6. The van der Waals surface area contributed by atoms with Crippen LogP contribution in [-0.4, -0.2) is 52.2 Å². The Morgan fingerprint density at radius 2 is 1.90 bits per heavy atom. The molecule has 3 N–H and O–H groups in total. The van der Waals surface area contributed by atoms with Crippen LogP contribution in [0.2, 0.25) is 0 Å². The fraction of sp³-hybridized carbons (Fsp3) is 0.550. The van der Waals surface area contributed by atoms with Crippen LogP contribution < -0.4 is 11.1 Å². The minimum Gasteiger partial charge on any atom is -0.368 e. The van der Waals surface area contributed by atoms with Crippen LogP contribution in [0, 0.1) is 6.92 Å². The van der Waals surface area contributed by atoms with Crippen molar-refractivity contribution < 1.29 is 13.2 Å². The molecule has 0 radical (unpaired) electrons. The van der Waals surface area contributed by atoms with Crippen molar-refractivity contribution in [3.63, 3.8) is 0 Å². The van der Waals surface area contributed by atoms with Gasteiger partial charge in [-0.1, -0.05) is 30.7 Å². The van der Waals surface area contributed by atoms with Crippen LogP contribution >= 0.6 is 11.8 Å². The van der Waals surface area contributed by atoms with Crippen LogP contribution in [0.5, 0.6) is 0 Å². The van der Waals surface area contributed by atoms with Crippen molar-refractivity contribution in [2.45, 2.75) is 61.5 Å². The molecule has 1 aromatic heterocycles. The monoisotopic (exact) mass is 464 g/mol. The first-order chi connectivity index (χ1) is 14.9. The number of nitrogens with zero attached hydrogens (tertiary/aromatic N) is 4. The Morgan fingerprint density at radius 1 is 1.19 bits per heavy atom. The Bertz CT molecular complexity index is 1060. The van der Waals surface area contributed by atoms with Gasteiger partial charge in [-0.05, 0) is 50.3 Å². The van der Waals surface area contributed by atoms with Crippen LogP contribution in [0.3, 0.4) is 0 Å². The molecule has 2 fully saturated rings. The van der Waals surface area contributed by atoms with Gasteiger partial charge in [0.1, 0.15) is 0 Å². The van der Waals surface area contributed by atoms with Crippen molar-refractivity contribution in [3.8, 4) is 0 Å². The van der Waals surface area contributed by atoms with Crippen molar-refractivity contribution >= 4 is 39.3 Å². The molecular weight excluding hydrogens is 436 g/mol. The Hall–Kier alpha value is -2.11. The Balaban J connectivity index is 1.44. The molecule has 2 heterocycles. The lowest BCUT2D eigenvalue weighted by atomic mass is 10.2. The number of aromatic nitrogens is 3. The van der Waals surface area contributed by atoms with Crippen molar-refractivity contribution in [2.75, 3.05) is 29.9 Å². The summed E-state index contributed by atoms with van der Waals surface area (Å²) in [6, 6.07) is 5.34. The lowest BCUT2D eigenvalue weighted by Gasteiger charge is -2.21. The second kappa shape index (κ2) is 9.17. The van der Waals surface area contributed by atoms with Crippen LogP contribution in [0.4, 0.5) is 11.6 Å². The van der Waals surface area contributed by atoms with Gasteiger partial charge in [-0.25, -0.2) is 8.42 Å². The molecule has 1 amide bonds. The Kier molecular flexibility index (Phi) is 6.54. The van der Waals surface area contributed by atoms with E-state index in [1.165, 1.54) is 11.8 Å². The Morgan fingerprint density at radius 3 is 2.58 bits per heavy atom. The highest BCUT2D eigenvalue weighted by Gasteiger charge is 2.29. The molecular formula is C20H28N6O3S2. The van der Waals surface area contributed by atoms with Gasteiger partial charge in [0.2, 0.25) is 21.9 Å². The van der Waals surface area contributed by atoms with Gasteiger partial charge in [0.15, 0.2) is 5.16 Å². The largest absolute Gasteiger partial charge is 0.368 e. The highest BCUT2D eigenvalue weighted by Crippen LogP contribution is 2.39. The third-order valence-corrected chi connectivity index (χ3v) is 8.57. The molecule has 4 rings (SSSR count). The number of hydrogen-bond acceptors (Lipinski definition) is 7. The molecule has 1 aliphatic heterocycles. The second-order valence-corrected chi connectivity index (χ2v) is 10.9. The first kappa shape index (κ1) is 22.1. The van der Waals surface area contributed by atoms with Gasteiger partial charge in [-0.15, -0.1) is 10.2 Å². The number of sulfonamides is 1. The molecule has 1 aromatic carbocycles. The highest BCUT2D eigenvalue weighted by molar-refractivity contribution is 7.99. The number of thioether (sulfide) groups is 1. The van der Waals surface area contributed by atoms with Gasteiger partial charge in [0.25, 0.3) is 0 Å². The highest BCUT2D eigenvalue weighted by atomic mass is 32.2. The zero-order chi connectivity index (χ0) is 22.0. The third kappa shape index (κ3) is 5.04. The molecule has 1 aliphatic carbocycles. The summed E-state index contributed by atoms with van der Waals surface area (Å²) < 4.78 is 29.8. The standard InChI is InChI=1S/C20H28N6O3S2/c1-14-6-7-15(12-17(14)31(28,29)25-10-4-2-3-5-11-25)22-18(27)13-30-20-24-23-19(21)26(20)16-8-9-16/h6-7,12,16H,2-5,8-11,13H2,1H3,(H2,21,23)(H,22,27). The van der Waals surface area contributed by atoms with Gasteiger partial charge in [-0.2, -0.15) is 4.31 Å². The third-order valence-electron chi connectivity index (χ3n) is 5.59. The molecule has 2 aromatic rings. The van der Waals surface area contributed by atoms with Gasteiger partial charge in [0, 0.05) is 24.8 Å². The number of nitrogens with two attached hydrogens (primary N) is 1. The number of amides is 1. The van der Waals surface area contributed by atoms with Crippen molar-refractivity contribution in [3.05, 3.63) is 23.8 Å². The summed E-state index contributed by atoms with van der Waals surface area (Å²) in [4.78, 5) is 12.8. The minimum atomic E-state index is -3.59. The van der Waals surface area contributed by atoms with E-state index in [9.17, 15) is 13.2 Å². The van der Waals surface area contributed by atoms with Gasteiger partial charge in [0.05, 0.1) is 10.6 Å². The van der Waals surface area contributed by atoms with E-state index in [2.05, 4.69) is 15.5 Å². The fourth-order valence-electron chi connectivity index (χ4n) is 3.77. The second-order valence-electron chi connectivity index (χ2n) is 8.08. The average molecular weight is 465 g/mol. The average Bonchev–Trinajstić information content (AvgIpc) is 3.54. The van der Waals surface area contributed by atoms with E-state index in [0.717, 1.165) is 38.5 Å². The Labute approximate surface area is 186 Å². The van der Waals surface area contributed by atoms with Crippen molar-refractivity contribution in [2.24, 2.45) is 0 Å². The lowest BCUT2D eigenvalue weighted by molar-refractivity contribution is -0.113. The molecule has 2 aliphatic rings. The molecule has 1 saturated carbocycles. The summed E-state index contributed by atoms with van der Waals surface area (Å²) in [5.41, 5.74) is 7.01. The van der Waals surface area contributed by atoms with E-state index in [4.69, 9.17) is 5.73 Å². The van der Waals surface area contributed by atoms with Crippen LogP contribution in [0.1, 0.15) is 50.1 Å². The zero-order valence-corrected chi connectivity index (χ0v) is 19.2. The summed E-state index contributed by atoms with van der Waals surface area (Å²) in [5, 5.41) is 11.4. The molecule has 168 valence electrons. The summed E-state index contributed by atoms with van der Waals surface area (Å²) in [5.74, 6) is 0.260. The number of carbonyl (C=O) groups is 1. The van der Waals surface area contributed by atoms with Gasteiger partial charge < -0.3 is 11.1 Å². The van der Waals surface area contributed by atoms with E-state index in [1.807, 2.05) is 4.57 Å². The summed E-state index contributed by atoms with van der Waals surface area (Å²) in [6.07, 6.45) is 5.95. The molecule has 9 nitrogen and oxygen atoms in total. The number of hydrogen-bond donors (Lipinski definition) is 2. The molecule has 0 bridgehead atoms. The maximum absolute atomic E-state index is 13.2. The number of nitrogen functional groups attached to an aromatic ring is 1. The summed E-state index contributed by atoms with van der Waals surface area (Å²) in [6.45, 7) is 2.86. The van der Waals surface area contributed by atoms with Crippen LogP contribution in [0.25, 0.3) is 0 Å². The summed E-state index contributed by atoms with van der Waals surface area (Å²) in [7, 11) is -3.59. The number of rotatable bonds is 7. The van der Waals surface area contributed by atoms with E-state index in [0.29, 0.717) is 41.5 Å². The van der Waals surface area contributed by atoms with E-state index < -0.39 is 10.0 Å². The van der Waals surface area contributed by atoms with Gasteiger partial charge >= 0.3 is 0 Å². The smallest absolute Gasteiger partial charge is 0.243 e. The molecule has 11 heteroatoms. The van der Waals surface area contributed by atoms with Crippen molar-refractivity contribution in [1.82, 2.24) is 19.1 Å². The minimum absolute atomic E-state index is 0.132. The number of benzene rings is 1. The molecule has 0 unspecified atom stereocenters. The first-order valence-electron chi connectivity index (χ1n) is 10.6. The number of carbonyl (C=O) groups excluding carboxylic acids is 1. The normalized spacial score (nSPS) is 18.0. The topological polar surface area (TPSA) is 123 Å².